The molecule has 2 atom stereocenters. The number of rotatable bonds is 5. The van der Waals surface area contributed by atoms with E-state index < -0.39 is 22.3 Å². The summed E-state index contributed by atoms with van der Waals surface area (Å²) in [4.78, 5) is 10.6. The van der Waals surface area contributed by atoms with Crippen LogP contribution in [0.2, 0.25) is 0 Å². The molecule has 8 heteroatoms. The van der Waals surface area contributed by atoms with Crippen molar-refractivity contribution >= 4 is 16.2 Å². The Kier molecular flexibility index (Phi) is 4.25. The maximum atomic E-state index is 11.3. The number of carbonyl (C=O) groups is 1. The normalized spacial score (nSPS) is 26.2. The fourth-order valence-electron chi connectivity index (χ4n) is 1.36. The molecular weight excluding hydrogens is 236 g/mol. The van der Waals surface area contributed by atoms with Crippen LogP contribution in [-0.4, -0.2) is 56.6 Å². The van der Waals surface area contributed by atoms with Gasteiger partial charge in [-0.3, -0.25) is 0 Å². The fourth-order valence-corrected chi connectivity index (χ4v) is 2.02. The van der Waals surface area contributed by atoms with Crippen molar-refractivity contribution in [3.8, 4) is 0 Å². The number of carboxylic acid groups (broad SMARTS) is 1. The predicted molar refractivity (Wildman–Crippen MR) is 56.1 cm³/mol. The molecular formula is C8H16N2O5S. The molecule has 0 amide bonds. The van der Waals surface area contributed by atoms with Gasteiger partial charge < -0.3 is 9.84 Å². The Morgan fingerprint density at radius 2 is 2.12 bits per heavy atom. The zero-order valence-corrected chi connectivity index (χ0v) is 10.0. The molecule has 1 aliphatic rings. The standard InChI is InChI=1S/C8H16N2O5S/c1-10(2)16(13,14)9-5-6-3-4-7(15-6)8(11)12/h6-7,9H,3-5H2,1-2H3,(H,11,12). The first-order chi connectivity index (χ1) is 7.33. The van der Waals surface area contributed by atoms with Gasteiger partial charge in [-0.15, -0.1) is 0 Å². The van der Waals surface area contributed by atoms with Crippen LogP contribution in [0.5, 0.6) is 0 Å². The number of aliphatic carboxylic acids is 1. The fraction of sp³-hybridized carbons (Fsp3) is 0.875. The van der Waals surface area contributed by atoms with Gasteiger partial charge in [0.25, 0.3) is 10.2 Å². The molecule has 0 aromatic heterocycles. The van der Waals surface area contributed by atoms with Gasteiger partial charge in [-0.2, -0.15) is 17.4 Å². The van der Waals surface area contributed by atoms with Crippen molar-refractivity contribution in [3.05, 3.63) is 0 Å². The van der Waals surface area contributed by atoms with Crippen LogP contribution in [0.4, 0.5) is 0 Å². The molecule has 16 heavy (non-hydrogen) atoms. The first kappa shape index (κ1) is 13.4. The first-order valence-electron chi connectivity index (χ1n) is 4.88. The van der Waals surface area contributed by atoms with E-state index >= 15 is 0 Å². The Bertz CT molecular complexity index is 353. The van der Waals surface area contributed by atoms with Gasteiger partial charge in [0.1, 0.15) is 0 Å². The average molecular weight is 252 g/mol. The van der Waals surface area contributed by atoms with E-state index in [0.717, 1.165) is 4.31 Å². The van der Waals surface area contributed by atoms with Crippen LogP contribution >= 0.6 is 0 Å². The van der Waals surface area contributed by atoms with Crippen molar-refractivity contribution < 1.29 is 23.1 Å². The summed E-state index contributed by atoms with van der Waals surface area (Å²) in [7, 11) is -0.638. The third kappa shape index (κ3) is 3.41. The van der Waals surface area contributed by atoms with Gasteiger partial charge in [-0.25, -0.2) is 4.79 Å². The number of ether oxygens (including phenoxy) is 1. The van der Waals surface area contributed by atoms with Crippen molar-refractivity contribution in [1.29, 1.82) is 0 Å². The van der Waals surface area contributed by atoms with Crippen molar-refractivity contribution in [2.24, 2.45) is 0 Å². The van der Waals surface area contributed by atoms with Gasteiger partial charge in [-0.05, 0) is 12.8 Å². The van der Waals surface area contributed by atoms with Gasteiger partial charge >= 0.3 is 5.97 Å². The van der Waals surface area contributed by atoms with Crippen LogP contribution in [0.3, 0.4) is 0 Å². The monoisotopic (exact) mass is 252 g/mol. The van der Waals surface area contributed by atoms with E-state index in [1.54, 1.807) is 0 Å². The van der Waals surface area contributed by atoms with Crippen molar-refractivity contribution in [1.82, 2.24) is 9.03 Å². The number of carboxylic acids is 1. The second kappa shape index (κ2) is 5.09. The zero-order chi connectivity index (χ0) is 12.3. The number of nitrogens with one attached hydrogen (secondary N) is 1. The molecule has 0 aromatic carbocycles. The van der Waals surface area contributed by atoms with Crippen molar-refractivity contribution in [2.75, 3.05) is 20.6 Å². The highest BCUT2D eigenvalue weighted by atomic mass is 32.2. The Labute approximate surface area is 94.6 Å². The Balaban J connectivity index is 2.39. The summed E-state index contributed by atoms with van der Waals surface area (Å²) < 4.78 is 31.2. The Morgan fingerprint density at radius 1 is 1.50 bits per heavy atom. The quantitative estimate of drug-likeness (QED) is 0.655. The summed E-state index contributed by atoms with van der Waals surface area (Å²) in [6.45, 7) is 0.101. The lowest BCUT2D eigenvalue weighted by atomic mass is 10.2. The average Bonchev–Trinajstić information content (AvgIpc) is 2.63. The minimum absolute atomic E-state index is 0.101. The zero-order valence-electron chi connectivity index (χ0n) is 9.21. The van der Waals surface area contributed by atoms with E-state index in [1.807, 2.05) is 0 Å². The molecule has 0 radical (unpaired) electrons. The largest absolute Gasteiger partial charge is 0.479 e. The number of nitrogens with zero attached hydrogens (tertiary/aromatic N) is 1. The smallest absolute Gasteiger partial charge is 0.332 e. The van der Waals surface area contributed by atoms with Gasteiger partial charge in [0, 0.05) is 20.6 Å². The van der Waals surface area contributed by atoms with Gasteiger partial charge in [0.05, 0.1) is 6.10 Å². The lowest BCUT2D eigenvalue weighted by molar-refractivity contribution is -0.149. The van der Waals surface area contributed by atoms with Crippen LogP contribution in [0.25, 0.3) is 0 Å². The topological polar surface area (TPSA) is 95.9 Å². The highest BCUT2D eigenvalue weighted by Crippen LogP contribution is 2.19. The van der Waals surface area contributed by atoms with Crippen LogP contribution in [0.1, 0.15) is 12.8 Å². The Morgan fingerprint density at radius 3 is 2.56 bits per heavy atom. The SMILES string of the molecule is CN(C)S(=O)(=O)NCC1CCC(C(=O)O)O1. The minimum Gasteiger partial charge on any atom is -0.479 e. The predicted octanol–water partition coefficient (Wildman–Crippen LogP) is -0.985. The van der Waals surface area contributed by atoms with E-state index in [-0.39, 0.29) is 12.6 Å². The van der Waals surface area contributed by atoms with E-state index in [4.69, 9.17) is 9.84 Å². The summed E-state index contributed by atoms with van der Waals surface area (Å²) in [5, 5.41) is 8.68. The van der Waals surface area contributed by atoms with E-state index in [9.17, 15) is 13.2 Å². The summed E-state index contributed by atoms with van der Waals surface area (Å²) in [6, 6.07) is 0. The lowest BCUT2D eigenvalue weighted by Gasteiger charge is -2.15. The van der Waals surface area contributed by atoms with Crippen molar-refractivity contribution in [3.63, 3.8) is 0 Å². The minimum atomic E-state index is -3.47. The molecule has 2 N–H and O–H groups in total. The van der Waals surface area contributed by atoms with Crippen LogP contribution < -0.4 is 4.72 Å². The molecule has 1 rings (SSSR count). The van der Waals surface area contributed by atoms with Crippen molar-refractivity contribution in [2.45, 2.75) is 25.0 Å². The summed E-state index contributed by atoms with van der Waals surface area (Å²) in [5.74, 6) is -1.00. The molecule has 1 heterocycles. The molecule has 1 saturated heterocycles. The van der Waals surface area contributed by atoms with E-state index in [1.165, 1.54) is 14.1 Å². The van der Waals surface area contributed by atoms with Gasteiger partial charge in [0.2, 0.25) is 0 Å². The highest BCUT2D eigenvalue weighted by molar-refractivity contribution is 7.87. The Hall–Kier alpha value is -0.700. The highest BCUT2D eigenvalue weighted by Gasteiger charge is 2.31. The second-order valence-corrected chi connectivity index (χ2v) is 5.77. The molecule has 0 aliphatic carbocycles. The maximum Gasteiger partial charge on any atom is 0.332 e. The van der Waals surface area contributed by atoms with Gasteiger partial charge in [-0.1, -0.05) is 0 Å². The summed E-state index contributed by atoms with van der Waals surface area (Å²) in [5.41, 5.74) is 0. The third-order valence-corrected chi connectivity index (χ3v) is 3.85. The molecule has 1 fully saturated rings. The number of hydrogen-bond acceptors (Lipinski definition) is 4. The molecule has 0 spiro atoms. The second-order valence-electron chi connectivity index (χ2n) is 3.80. The van der Waals surface area contributed by atoms with Crippen LogP contribution in [0.15, 0.2) is 0 Å². The lowest BCUT2D eigenvalue weighted by Crippen LogP contribution is -2.40. The molecule has 0 saturated carbocycles. The number of hydrogen-bond donors (Lipinski definition) is 2. The summed E-state index contributed by atoms with van der Waals surface area (Å²) in [6.07, 6.45) is -0.207. The first-order valence-corrected chi connectivity index (χ1v) is 6.32. The molecule has 1 aliphatic heterocycles. The molecule has 7 nitrogen and oxygen atoms in total. The van der Waals surface area contributed by atoms with Gasteiger partial charge in [0.15, 0.2) is 6.10 Å². The molecule has 0 bridgehead atoms. The molecule has 0 aromatic rings. The third-order valence-electron chi connectivity index (χ3n) is 2.36. The molecule has 2 unspecified atom stereocenters. The van der Waals surface area contributed by atoms with Crippen LogP contribution in [0, 0.1) is 0 Å². The molecule has 94 valence electrons. The maximum absolute atomic E-state index is 11.3. The van der Waals surface area contributed by atoms with E-state index in [0.29, 0.717) is 12.8 Å². The summed E-state index contributed by atoms with van der Waals surface area (Å²) >= 11 is 0. The van der Waals surface area contributed by atoms with E-state index in [2.05, 4.69) is 4.72 Å². The van der Waals surface area contributed by atoms with Crippen LogP contribution in [-0.2, 0) is 19.7 Å².